The van der Waals surface area contributed by atoms with E-state index in [1.54, 1.807) is 18.3 Å². The Kier molecular flexibility index (Phi) is 6.29. The predicted molar refractivity (Wildman–Crippen MR) is 125 cm³/mol. The Labute approximate surface area is 199 Å². The van der Waals surface area contributed by atoms with Gasteiger partial charge in [0.05, 0.1) is 23.6 Å². The number of fused-ring (bicyclic) bond motifs is 1. The van der Waals surface area contributed by atoms with Crippen molar-refractivity contribution in [3.63, 3.8) is 0 Å². The van der Waals surface area contributed by atoms with Crippen LogP contribution >= 0.6 is 0 Å². The van der Waals surface area contributed by atoms with Gasteiger partial charge in [-0.3, -0.25) is 14.8 Å². The number of piperidine rings is 1. The predicted octanol–water partition coefficient (Wildman–Crippen LogP) is 4.39. The minimum atomic E-state index is -4.56. The van der Waals surface area contributed by atoms with Gasteiger partial charge in [0.1, 0.15) is 0 Å². The van der Waals surface area contributed by atoms with Crippen molar-refractivity contribution in [3.05, 3.63) is 83.4 Å². The first-order chi connectivity index (χ1) is 16.9. The SMILES string of the molecule is O=C(CN1CCCC(c2ccn[nH]2)C1)NC(c1ccccc1)c1ccc2nc(C(F)(F)F)[nH]c2c1. The lowest BCUT2D eigenvalue weighted by atomic mass is 9.95. The van der Waals surface area contributed by atoms with Crippen LogP contribution in [0, 0.1) is 0 Å². The summed E-state index contributed by atoms with van der Waals surface area (Å²) < 4.78 is 39.3. The molecule has 1 aliphatic heterocycles. The zero-order chi connectivity index (χ0) is 24.4. The highest BCUT2D eigenvalue weighted by atomic mass is 19.4. The van der Waals surface area contributed by atoms with Crippen LogP contribution in [-0.2, 0) is 11.0 Å². The molecular formula is C25H25F3N6O. The number of amides is 1. The number of imidazole rings is 1. The summed E-state index contributed by atoms with van der Waals surface area (Å²) in [7, 11) is 0. The van der Waals surface area contributed by atoms with E-state index >= 15 is 0 Å². The molecule has 1 amide bonds. The molecule has 0 saturated carbocycles. The zero-order valence-electron chi connectivity index (χ0n) is 18.8. The van der Waals surface area contributed by atoms with Crippen LogP contribution in [0.1, 0.15) is 47.4 Å². The monoisotopic (exact) mass is 482 g/mol. The van der Waals surface area contributed by atoms with Gasteiger partial charge in [0.15, 0.2) is 0 Å². The summed E-state index contributed by atoms with van der Waals surface area (Å²) in [6, 6.07) is 15.7. The highest BCUT2D eigenvalue weighted by Gasteiger charge is 2.35. The van der Waals surface area contributed by atoms with Crippen molar-refractivity contribution < 1.29 is 18.0 Å². The first kappa shape index (κ1) is 23.1. The van der Waals surface area contributed by atoms with Gasteiger partial charge in [-0.2, -0.15) is 18.3 Å². The third-order valence-corrected chi connectivity index (χ3v) is 6.38. The standard InChI is InChI=1S/C25H25F3N6O/c26-25(27,28)24-30-20-9-8-17(13-21(20)31-24)23(16-5-2-1-3-6-16)32-22(35)15-34-12-4-7-18(14-34)19-10-11-29-33-19/h1-3,5-6,8-11,13,18,23H,4,7,12,14-15H2,(H,29,33)(H,30,31)(H,32,35). The maximum atomic E-state index is 13.1. The molecule has 7 nitrogen and oxygen atoms in total. The van der Waals surface area contributed by atoms with E-state index in [0.717, 1.165) is 37.2 Å². The van der Waals surface area contributed by atoms with Gasteiger partial charge in [-0.25, -0.2) is 4.98 Å². The summed E-state index contributed by atoms with van der Waals surface area (Å²) in [4.78, 5) is 21.2. The van der Waals surface area contributed by atoms with E-state index in [4.69, 9.17) is 0 Å². The smallest absolute Gasteiger partial charge is 0.344 e. The molecule has 0 radical (unpaired) electrons. The van der Waals surface area contributed by atoms with Crippen LogP contribution in [0.5, 0.6) is 0 Å². The van der Waals surface area contributed by atoms with Crippen LogP contribution in [0.15, 0.2) is 60.8 Å². The maximum absolute atomic E-state index is 13.1. The molecule has 1 saturated heterocycles. The van der Waals surface area contributed by atoms with Crippen molar-refractivity contribution in [1.29, 1.82) is 0 Å². The van der Waals surface area contributed by atoms with Gasteiger partial charge in [0, 0.05) is 24.4 Å². The summed E-state index contributed by atoms with van der Waals surface area (Å²) in [5, 5.41) is 10.2. The number of nitrogens with zero attached hydrogens (tertiary/aromatic N) is 3. The summed E-state index contributed by atoms with van der Waals surface area (Å²) in [5.41, 5.74) is 3.07. The Bertz CT molecular complexity index is 1290. The van der Waals surface area contributed by atoms with E-state index in [1.807, 2.05) is 36.4 Å². The lowest BCUT2D eigenvalue weighted by molar-refractivity contribution is -0.144. The molecule has 5 rings (SSSR count). The van der Waals surface area contributed by atoms with Crippen molar-refractivity contribution in [3.8, 4) is 0 Å². The van der Waals surface area contributed by atoms with Gasteiger partial charge in [0.25, 0.3) is 0 Å². The fourth-order valence-electron chi connectivity index (χ4n) is 4.70. The highest BCUT2D eigenvalue weighted by Crippen LogP contribution is 2.31. The number of halogens is 3. The second-order valence-electron chi connectivity index (χ2n) is 8.86. The van der Waals surface area contributed by atoms with Crippen LogP contribution in [0.3, 0.4) is 0 Å². The van der Waals surface area contributed by atoms with Gasteiger partial charge in [-0.15, -0.1) is 0 Å². The Hall–Kier alpha value is -3.66. The normalized spacial score (nSPS) is 18.0. The van der Waals surface area contributed by atoms with Crippen molar-refractivity contribution in [2.45, 2.75) is 31.0 Å². The molecule has 2 aromatic carbocycles. The lowest BCUT2D eigenvalue weighted by Gasteiger charge is -2.32. The highest BCUT2D eigenvalue weighted by molar-refractivity contribution is 5.80. The van der Waals surface area contributed by atoms with E-state index in [-0.39, 0.29) is 23.5 Å². The molecule has 3 heterocycles. The average molecular weight is 483 g/mol. The first-order valence-electron chi connectivity index (χ1n) is 11.5. The second-order valence-corrected chi connectivity index (χ2v) is 8.86. The van der Waals surface area contributed by atoms with E-state index in [9.17, 15) is 18.0 Å². The number of carbonyl (C=O) groups excluding carboxylic acids is 1. The van der Waals surface area contributed by atoms with Crippen molar-refractivity contribution in [2.24, 2.45) is 0 Å². The van der Waals surface area contributed by atoms with Gasteiger partial charge in [-0.1, -0.05) is 36.4 Å². The fraction of sp³-hybridized carbons (Fsp3) is 0.320. The van der Waals surface area contributed by atoms with Crippen LogP contribution in [0.25, 0.3) is 11.0 Å². The number of hydrogen-bond acceptors (Lipinski definition) is 4. The maximum Gasteiger partial charge on any atom is 0.449 e. The van der Waals surface area contributed by atoms with E-state index in [0.29, 0.717) is 11.5 Å². The van der Waals surface area contributed by atoms with Gasteiger partial charge in [0.2, 0.25) is 11.7 Å². The minimum Gasteiger partial charge on any atom is -0.344 e. The van der Waals surface area contributed by atoms with Gasteiger partial charge in [-0.05, 0) is 48.7 Å². The number of benzene rings is 2. The topological polar surface area (TPSA) is 89.7 Å². The second kappa shape index (κ2) is 9.53. The quantitative estimate of drug-likeness (QED) is 0.380. The van der Waals surface area contributed by atoms with Crippen molar-refractivity contribution >= 4 is 16.9 Å². The Balaban J connectivity index is 1.35. The molecule has 3 N–H and O–H groups in total. The summed E-state index contributed by atoms with van der Waals surface area (Å²) in [5.74, 6) is -0.888. The third kappa shape index (κ3) is 5.22. The number of aromatic amines is 2. The number of rotatable bonds is 6. The average Bonchev–Trinajstić information content (AvgIpc) is 3.53. The number of alkyl halides is 3. The molecule has 0 aliphatic carbocycles. The molecule has 2 aromatic heterocycles. The largest absolute Gasteiger partial charge is 0.449 e. The van der Waals surface area contributed by atoms with Gasteiger partial charge >= 0.3 is 6.18 Å². The summed E-state index contributed by atoms with van der Waals surface area (Å²) in [6.45, 7) is 1.82. The Morgan fingerprint density at radius 2 is 1.97 bits per heavy atom. The van der Waals surface area contributed by atoms with Crippen LogP contribution < -0.4 is 5.32 Å². The van der Waals surface area contributed by atoms with E-state index in [1.165, 1.54) is 6.07 Å². The molecule has 1 aliphatic rings. The number of H-pyrrole nitrogens is 2. The molecule has 35 heavy (non-hydrogen) atoms. The molecule has 2 unspecified atom stereocenters. The van der Waals surface area contributed by atoms with Gasteiger partial charge < -0.3 is 10.3 Å². The molecule has 0 bridgehead atoms. The number of likely N-dealkylation sites (tertiary alicyclic amines) is 1. The molecule has 10 heteroatoms. The third-order valence-electron chi connectivity index (χ3n) is 6.38. The molecule has 2 atom stereocenters. The van der Waals surface area contributed by atoms with Crippen molar-refractivity contribution in [2.75, 3.05) is 19.6 Å². The van der Waals surface area contributed by atoms with E-state index in [2.05, 4.69) is 30.4 Å². The number of aromatic nitrogens is 4. The van der Waals surface area contributed by atoms with Crippen LogP contribution in [0.2, 0.25) is 0 Å². The number of nitrogens with one attached hydrogen (secondary N) is 3. The van der Waals surface area contributed by atoms with E-state index < -0.39 is 18.0 Å². The number of hydrogen-bond donors (Lipinski definition) is 3. The van der Waals surface area contributed by atoms with Crippen molar-refractivity contribution in [1.82, 2.24) is 30.4 Å². The van der Waals surface area contributed by atoms with Crippen LogP contribution in [0.4, 0.5) is 13.2 Å². The molecule has 4 aromatic rings. The molecular weight excluding hydrogens is 457 g/mol. The Morgan fingerprint density at radius 1 is 1.14 bits per heavy atom. The summed E-state index contributed by atoms with van der Waals surface area (Å²) in [6.07, 6.45) is -0.803. The first-order valence-corrected chi connectivity index (χ1v) is 11.5. The molecule has 182 valence electrons. The minimum absolute atomic E-state index is 0.148. The molecule has 1 fully saturated rings. The zero-order valence-corrected chi connectivity index (χ0v) is 18.8. The fourth-order valence-corrected chi connectivity index (χ4v) is 4.70. The van der Waals surface area contributed by atoms with Crippen LogP contribution in [-0.4, -0.2) is 50.6 Å². The Morgan fingerprint density at radius 3 is 2.71 bits per heavy atom. The molecule has 0 spiro atoms. The summed E-state index contributed by atoms with van der Waals surface area (Å²) >= 11 is 0. The lowest BCUT2D eigenvalue weighted by Crippen LogP contribution is -2.43. The number of carbonyl (C=O) groups is 1.